The zero-order valence-electron chi connectivity index (χ0n) is 11.3. The number of carbonyl (C=O) groups excluding carboxylic acids is 1. The summed E-state index contributed by atoms with van der Waals surface area (Å²) >= 11 is 5.78. The SMILES string of the molecule is CC(CN)C(=O)N1CCOC(c2ccc(F)c(Cl)c2)C1. The Bertz CT molecular complexity index is 498. The maximum Gasteiger partial charge on any atom is 0.226 e. The van der Waals surface area contributed by atoms with Gasteiger partial charge in [-0.15, -0.1) is 0 Å². The molecule has 2 N–H and O–H groups in total. The third-order valence-corrected chi connectivity index (χ3v) is 3.76. The van der Waals surface area contributed by atoms with Gasteiger partial charge in [-0.05, 0) is 17.7 Å². The molecule has 110 valence electrons. The van der Waals surface area contributed by atoms with Gasteiger partial charge in [-0.3, -0.25) is 4.79 Å². The van der Waals surface area contributed by atoms with Crippen LogP contribution in [0.3, 0.4) is 0 Å². The summed E-state index contributed by atoms with van der Waals surface area (Å²) in [5.74, 6) is -0.643. The highest BCUT2D eigenvalue weighted by Gasteiger charge is 2.27. The van der Waals surface area contributed by atoms with Crippen molar-refractivity contribution in [2.24, 2.45) is 11.7 Å². The van der Waals surface area contributed by atoms with Crippen molar-refractivity contribution < 1.29 is 13.9 Å². The second-order valence-corrected chi connectivity index (χ2v) is 5.36. The van der Waals surface area contributed by atoms with E-state index in [0.717, 1.165) is 5.56 Å². The number of hydrogen-bond acceptors (Lipinski definition) is 3. The molecule has 0 bridgehead atoms. The summed E-state index contributed by atoms with van der Waals surface area (Å²) in [7, 11) is 0. The average Bonchev–Trinajstić information content (AvgIpc) is 2.48. The van der Waals surface area contributed by atoms with Crippen LogP contribution in [0.25, 0.3) is 0 Å². The van der Waals surface area contributed by atoms with Crippen LogP contribution >= 0.6 is 11.6 Å². The summed E-state index contributed by atoms with van der Waals surface area (Å²) in [6.07, 6.45) is -0.282. The predicted octanol–water partition coefficient (Wildman–Crippen LogP) is 1.97. The zero-order chi connectivity index (χ0) is 14.7. The first-order valence-corrected chi connectivity index (χ1v) is 6.96. The molecule has 1 fully saturated rings. The minimum absolute atomic E-state index is 0.0222. The fourth-order valence-electron chi connectivity index (χ4n) is 2.18. The first kappa shape index (κ1) is 15.2. The lowest BCUT2D eigenvalue weighted by molar-refractivity contribution is -0.142. The Morgan fingerprint density at radius 1 is 1.65 bits per heavy atom. The molecule has 1 heterocycles. The minimum Gasteiger partial charge on any atom is -0.370 e. The smallest absolute Gasteiger partial charge is 0.226 e. The molecule has 2 unspecified atom stereocenters. The Kier molecular flexibility index (Phi) is 4.96. The van der Waals surface area contributed by atoms with Gasteiger partial charge in [-0.25, -0.2) is 4.39 Å². The summed E-state index contributed by atoms with van der Waals surface area (Å²) in [6.45, 7) is 3.56. The molecule has 0 aliphatic carbocycles. The fourth-order valence-corrected chi connectivity index (χ4v) is 2.37. The van der Waals surface area contributed by atoms with Crippen molar-refractivity contribution in [3.05, 3.63) is 34.6 Å². The second-order valence-electron chi connectivity index (χ2n) is 4.95. The molecule has 1 saturated heterocycles. The van der Waals surface area contributed by atoms with Crippen LogP contribution in [-0.2, 0) is 9.53 Å². The fraction of sp³-hybridized carbons (Fsp3) is 0.500. The molecule has 1 aliphatic rings. The van der Waals surface area contributed by atoms with E-state index in [2.05, 4.69) is 0 Å². The Hall–Kier alpha value is -1.17. The third kappa shape index (κ3) is 3.29. The van der Waals surface area contributed by atoms with Gasteiger partial charge in [-0.1, -0.05) is 24.6 Å². The topological polar surface area (TPSA) is 55.6 Å². The normalized spacial score (nSPS) is 20.8. The second kappa shape index (κ2) is 6.52. The molecule has 1 aromatic rings. The molecule has 2 atom stereocenters. The van der Waals surface area contributed by atoms with Crippen LogP contribution in [0.1, 0.15) is 18.6 Å². The van der Waals surface area contributed by atoms with E-state index in [1.165, 1.54) is 6.07 Å². The van der Waals surface area contributed by atoms with Crippen LogP contribution in [0.5, 0.6) is 0 Å². The van der Waals surface area contributed by atoms with E-state index in [1.807, 2.05) is 6.92 Å². The van der Waals surface area contributed by atoms with Gasteiger partial charge >= 0.3 is 0 Å². The molecule has 0 aromatic heterocycles. The molecule has 6 heteroatoms. The number of nitrogens with zero attached hydrogens (tertiary/aromatic N) is 1. The predicted molar refractivity (Wildman–Crippen MR) is 74.9 cm³/mol. The summed E-state index contributed by atoms with van der Waals surface area (Å²) in [4.78, 5) is 13.9. The quantitative estimate of drug-likeness (QED) is 0.928. The highest BCUT2D eigenvalue weighted by Crippen LogP contribution is 2.26. The van der Waals surface area contributed by atoms with Crippen molar-refractivity contribution in [1.82, 2.24) is 4.90 Å². The Morgan fingerprint density at radius 2 is 2.40 bits per heavy atom. The standard InChI is InChI=1S/C14H18ClFN2O2/c1-9(7-17)14(19)18-4-5-20-13(8-18)10-2-3-12(16)11(15)6-10/h2-3,6,9,13H,4-5,7-8,17H2,1H3. The number of rotatable bonds is 3. The van der Waals surface area contributed by atoms with Crippen molar-refractivity contribution in [1.29, 1.82) is 0 Å². The van der Waals surface area contributed by atoms with Crippen LogP contribution < -0.4 is 5.73 Å². The van der Waals surface area contributed by atoms with Crippen LogP contribution in [0, 0.1) is 11.7 Å². The molecule has 4 nitrogen and oxygen atoms in total. The van der Waals surface area contributed by atoms with E-state index in [-0.39, 0.29) is 23.0 Å². The first-order chi connectivity index (χ1) is 9.52. The summed E-state index contributed by atoms with van der Waals surface area (Å²) in [6, 6.07) is 4.48. The van der Waals surface area contributed by atoms with Gasteiger partial charge in [0.25, 0.3) is 0 Å². The highest BCUT2D eigenvalue weighted by atomic mass is 35.5. The Balaban J connectivity index is 2.10. The first-order valence-electron chi connectivity index (χ1n) is 6.58. The van der Waals surface area contributed by atoms with E-state index < -0.39 is 5.82 Å². The molecule has 1 aromatic carbocycles. The number of nitrogens with two attached hydrogens (primary N) is 1. The summed E-state index contributed by atoms with van der Waals surface area (Å²) in [5, 5.41) is 0.0601. The van der Waals surface area contributed by atoms with Gasteiger partial charge < -0.3 is 15.4 Å². The van der Waals surface area contributed by atoms with Crippen molar-refractivity contribution in [2.75, 3.05) is 26.2 Å². The lowest BCUT2D eigenvalue weighted by atomic mass is 10.1. The maximum absolute atomic E-state index is 13.2. The Morgan fingerprint density at radius 3 is 3.05 bits per heavy atom. The van der Waals surface area contributed by atoms with Gasteiger partial charge in [0, 0.05) is 19.0 Å². The molecular weight excluding hydrogens is 283 g/mol. The van der Waals surface area contributed by atoms with E-state index in [4.69, 9.17) is 22.1 Å². The van der Waals surface area contributed by atoms with E-state index in [0.29, 0.717) is 26.2 Å². The van der Waals surface area contributed by atoms with E-state index in [9.17, 15) is 9.18 Å². The van der Waals surface area contributed by atoms with Crippen molar-refractivity contribution in [3.63, 3.8) is 0 Å². The van der Waals surface area contributed by atoms with Crippen LogP contribution in [-0.4, -0.2) is 37.0 Å². The Labute approximate surface area is 122 Å². The number of morpholine rings is 1. The molecule has 0 spiro atoms. The number of halogens is 2. The van der Waals surface area contributed by atoms with Crippen LogP contribution in [0.15, 0.2) is 18.2 Å². The van der Waals surface area contributed by atoms with Gasteiger partial charge in [0.1, 0.15) is 11.9 Å². The van der Waals surface area contributed by atoms with Gasteiger partial charge in [0.05, 0.1) is 18.2 Å². The number of benzene rings is 1. The molecule has 0 radical (unpaired) electrons. The highest BCUT2D eigenvalue weighted by molar-refractivity contribution is 6.30. The molecule has 2 rings (SSSR count). The molecule has 0 saturated carbocycles. The number of hydrogen-bond donors (Lipinski definition) is 1. The monoisotopic (exact) mass is 300 g/mol. The average molecular weight is 301 g/mol. The van der Waals surface area contributed by atoms with Gasteiger partial charge in [0.2, 0.25) is 5.91 Å². The van der Waals surface area contributed by atoms with E-state index >= 15 is 0 Å². The van der Waals surface area contributed by atoms with Crippen molar-refractivity contribution in [2.45, 2.75) is 13.0 Å². The summed E-state index contributed by atoms with van der Waals surface area (Å²) in [5.41, 5.74) is 6.30. The lowest BCUT2D eigenvalue weighted by Gasteiger charge is -2.34. The zero-order valence-corrected chi connectivity index (χ0v) is 12.1. The largest absolute Gasteiger partial charge is 0.370 e. The van der Waals surface area contributed by atoms with E-state index in [1.54, 1.807) is 17.0 Å². The summed E-state index contributed by atoms with van der Waals surface area (Å²) < 4.78 is 18.8. The van der Waals surface area contributed by atoms with Crippen LogP contribution in [0.2, 0.25) is 5.02 Å². The molecule has 1 aliphatic heterocycles. The minimum atomic E-state index is -0.462. The van der Waals surface area contributed by atoms with Crippen molar-refractivity contribution >= 4 is 17.5 Å². The molecular formula is C14H18ClFN2O2. The third-order valence-electron chi connectivity index (χ3n) is 3.47. The number of ether oxygens (including phenoxy) is 1. The lowest BCUT2D eigenvalue weighted by Crippen LogP contribution is -2.45. The van der Waals surface area contributed by atoms with Gasteiger partial charge in [-0.2, -0.15) is 0 Å². The molecule has 20 heavy (non-hydrogen) atoms. The van der Waals surface area contributed by atoms with Crippen molar-refractivity contribution in [3.8, 4) is 0 Å². The number of carbonyl (C=O) groups is 1. The van der Waals surface area contributed by atoms with Crippen LogP contribution in [0.4, 0.5) is 4.39 Å². The maximum atomic E-state index is 13.2. The molecule has 1 amide bonds. The number of amides is 1. The van der Waals surface area contributed by atoms with Gasteiger partial charge in [0.15, 0.2) is 0 Å².